The molecule has 3 N–H and O–H groups in total. The molecule has 0 saturated heterocycles. The topological polar surface area (TPSA) is 134 Å². The second-order valence-corrected chi connectivity index (χ2v) is 11.0. The molecule has 0 aliphatic rings. The summed E-state index contributed by atoms with van der Waals surface area (Å²) in [6, 6.07) is 10.3. The Kier molecular flexibility index (Phi) is 5.56. The molecule has 0 bridgehead atoms. The van der Waals surface area contributed by atoms with E-state index in [1.165, 1.54) is 24.5 Å². The molecule has 38 heavy (non-hydrogen) atoms. The molecule has 6 rings (SSSR count). The molecule has 4 heterocycles. The van der Waals surface area contributed by atoms with Gasteiger partial charge in [-0.25, -0.2) is 27.3 Å². The van der Waals surface area contributed by atoms with Gasteiger partial charge < -0.3 is 9.72 Å². The number of halogens is 3. The van der Waals surface area contributed by atoms with Crippen LogP contribution < -0.4 is 9.46 Å². The smallest absolute Gasteiger partial charge is 0.229 e. The lowest BCUT2D eigenvalue weighted by Crippen LogP contribution is -2.10. The number of nitrogens with one attached hydrogen (secondary N) is 3. The summed E-state index contributed by atoms with van der Waals surface area (Å²) in [4.78, 5) is 25.2. The van der Waals surface area contributed by atoms with Crippen molar-refractivity contribution in [2.45, 2.75) is 0 Å². The predicted octanol–water partition coefficient (Wildman–Crippen LogP) is 5.53. The average Bonchev–Trinajstić information content (AvgIpc) is 3.53. The molecule has 0 atom stereocenters. The molecule has 192 valence electrons. The summed E-state index contributed by atoms with van der Waals surface area (Å²) in [5.41, 5.74) is 2.02. The Balaban J connectivity index is 1.35. The Labute approximate surface area is 223 Å². The van der Waals surface area contributed by atoms with Crippen LogP contribution in [0.3, 0.4) is 0 Å². The molecule has 4 aromatic heterocycles. The van der Waals surface area contributed by atoms with E-state index in [1.54, 1.807) is 28.8 Å². The number of carbonyl (C=O) groups is 1. The Morgan fingerprint density at radius 1 is 1.16 bits per heavy atom. The standard InChI is InChI=1S/C24H15Cl2FN6O4S/c1-38(35,36)32-17-7-16-11(4-15(17)27)5-19(30-16)23(34)13-9-29-33-20-10-28-22(8-18(20)31-24(13)33)37-21-6-12(25)2-3-14(21)26/h2-10,29-30,32H,1H3. The number of imidazole rings is 1. The molecular formula is C24H15Cl2FN6O4S. The maximum absolute atomic E-state index is 14.4. The molecule has 0 aliphatic heterocycles. The fraction of sp³-hybridized carbons (Fsp3) is 0.0417. The van der Waals surface area contributed by atoms with Crippen LogP contribution in [-0.2, 0) is 10.0 Å². The number of nitrogens with zero attached hydrogens (tertiary/aromatic N) is 3. The minimum Gasteiger partial charge on any atom is -0.437 e. The number of anilines is 1. The first-order valence-electron chi connectivity index (χ1n) is 10.9. The fourth-order valence-corrected chi connectivity index (χ4v) is 4.93. The van der Waals surface area contributed by atoms with Crippen LogP contribution in [0, 0.1) is 5.82 Å². The summed E-state index contributed by atoms with van der Waals surface area (Å²) in [7, 11) is -3.69. The quantitative estimate of drug-likeness (QED) is 0.224. The number of carbonyl (C=O) groups excluding carboxylic acids is 1. The van der Waals surface area contributed by atoms with Gasteiger partial charge in [0.25, 0.3) is 0 Å². The second-order valence-electron chi connectivity index (χ2n) is 8.45. The lowest BCUT2D eigenvalue weighted by atomic mass is 10.1. The van der Waals surface area contributed by atoms with Gasteiger partial charge in [-0.2, -0.15) is 0 Å². The van der Waals surface area contributed by atoms with Crippen molar-refractivity contribution < 1.29 is 22.3 Å². The van der Waals surface area contributed by atoms with Crippen LogP contribution in [-0.4, -0.2) is 45.0 Å². The third-order valence-electron chi connectivity index (χ3n) is 5.70. The lowest BCUT2D eigenvalue weighted by Gasteiger charge is -2.06. The number of sulfonamides is 1. The third-order valence-corrected chi connectivity index (χ3v) is 6.83. The highest BCUT2D eigenvalue weighted by Gasteiger charge is 2.21. The fourth-order valence-electron chi connectivity index (χ4n) is 4.05. The molecule has 14 heteroatoms. The first-order valence-corrected chi connectivity index (χ1v) is 13.5. The first-order chi connectivity index (χ1) is 18.1. The molecule has 0 aliphatic carbocycles. The van der Waals surface area contributed by atoms with Crippen LogP contribution >= 0.6 is 23.2 Å². The van der Waals surface area contributed by atoms with E-state index in [9.17, 15) is 17.6 Å². The van der Waals surface area contributed by atoms with Crippen molar-refractivity contribution in [3.05, 3.63) is 82.0 Å². The van der Waals surface area contributed by atoms with Gasteiger partial charge in [0, 0.05) is 34.3 Å². The summed E-state index contributed by atoms with van der Waals surface area (Å²) in [5.74, 6) is -0.617. The number of benzene rings is 2. The number of ether oxygens (including phenoxy) is 1. The molecule has 2 aromatic carbocycles. The van der Waals surface area contributed by atoms with Crippen LogP contribution in [0.5, 0.6) is 11.6 Å². The zero-order valence-corrected chi connectivity index (χ0v) is 21.5. The van der Waals surface area contributed by atoms with Crippen LogP contribution in [0.25, 0.3) is 27.6 Å². The minimum atomic E-state index is -3.69. The van der Waals surface area contributed by atoms with E-state index in [0.29, 0.717) is 43.4 Å². The number of aromatic nitrogens is 5. The van der Waals surface area contributed by atoms with Gasteiger partial charge in [0.2, 0.25) is 21.7 Å². The maximum atomic E-state index is 14.4. The summed E-state index contributed by atoms with van der Waals surface area (Å²) >= 11 is 12.2. The van der Waals surface area contributed by atoms with Crippen molar-refractivity contribution in [2.24, 2.45) is 0 Å². The summed E-state index contributed by atoms with van der Waals surface area (Å²) in [6.07, 6.45) is 3.96. The van der Waals surface area contributed by atoms with Gasteiger partial charge in [-0.05, 0) is 30.3 Å². The normalized spacial score (nSPS) is 12.0. The van der Waals surface area contributed by atoms with E-state index in [4.69, 9.17) is 27.9 Å². The van der Waals surface area contributed by atoms with E-state index in [-0.39, 0.29) is 22.8 Å². The van der Waals surface area contributed by atoms with Gasteiger partial charge in [-0.15, -0.1) is 0 Å². The van der Waals surface area contributed by atoms with E-state index >= 15 is 0 Å². The largest absolute Gasteiger partial charge is 0.437 e. The van der Waals surface area contributed by atoms with Gasteiger partial charge in [0.15, 0.2) is 5.65 Å². The van der Waals surface area contributed by atoms with Gasteiger partial charge in [-0.3, -0.25) is 14.6 Å². The Morgan fingerprint density at radius 3 is 2.76 bits per heavy atom. The molecule has 0 amide bonds. The van der Waals surface area contributed by atoms with Crippen molar-refractivity contribution >= 4 is 72.3 Å². The van der Waals surface area contributed by atoms with Gasteiger partial charge in [0.05, 0.1) is 39.9 Å². The maximum Gasteiger partial charge on any atom is 0.229 e. The van der Waals surface area contributed by atoms with Crippen LogP contribution in [0.4, 0.5) is 10.1 Å². The molecule has 0 saturated carbocycles. The van der Waals surface area contributed by atoms with E-state index < -0.39 is 21.6 Å². The first kappa shape index (κ1) is 24.2. The number of aromatic amines is 2. The number of pyridine rings is 1. The molecule has 6 aromatic rings. The minimum absolute atomic E-state index is 0.169. The molecule has 10 nitrogen and oxygen atoms in total. The van der Waals surface area contributed by atoms with E-state index in [1.807, 2.05) is 0 Å². The molecule has 0 fully saturated rings. The highest BCUT2D eigenvalue weighted by molar-refractivity contribution is 7.92. The van der Waals surface area contributed by atoms with Crippen LogP contribution in [0.1, 0.15) is 16.1 Å². The number of ketones is 1. The Bertz CT molecular complexity index is 2030. The van der Waals surface area contributed by atoms with Crippen LogP contribution in [0.15, 0.2) is 54.9 Å². The highest BCUT2D eigenvalue weighted by atomic mass is 35.5. The average molecular weight is 573 g/mol. The van der Waals surface area contributed by atoms with Gasteiger partial charge >= 0.3 is 0 Å². The van der Waals surface area contributed by atoms with Gasteiger partial charge in [-0.1, -0.05) is 23.2 Å². The zero-order chi connectivity index (χ0) is 26.8. The highest BCUT2D eigenvalue weighted by Crippen LogP contribution is 2.32. The molecule has 0 unspecified atom stereocenters. The number of rotatable bonds is 6. The van der Waals surface area contributed by atoms with Crippen molar-refractivity contribution in [1.82, 2.24) is 24.6 Å². The monoisotopic (exact) mass is 572 g/mol. The van der Waals surface area contributed by atoms with E-state index in [2.05, 4.69) is 24.8 Å². The summed E-state index contributed by atoms with van der Waals surface area (Å²) < 4.78 is 46.9. The van der Waals surface area contributed by atoms with Crippen LogP contribution in [0.2, 0.25) is 10.0 Å². The second kappa shape index (κ2) is 8.72. The van der Waals surface area contributed by atoms with E-state index in [0.717, 1.165) is 12.3 Å². The Morgan fingerprint density at radius 2 is 1.97 bits per heavy atom. The predicted molar refractivity (Wildman–Crippen MR) is 142 cm³/mol. The van der Waals surface area contributed by atoms with Crippen molar-refractivity contribution in [3.8, 4) is 11.6 Å². The zero-order valence-electron chi connectivity index (χ0n) is 19.2. The number of fused-ring (bicyclic) bond motifs is 4. The van der Waals surface area contributed by atoms with Crippen molar-refractivity contribution in [3.63, 3.8) is 0 Å². The third kappa shape index (κ3) is 4.32. The summed E-state index contributed by atoms with van der Waals surface area (Å²) in [5, 5.41) is 4.20. The van der Waals surface area contributed by atoms with Crippen molar-refractivity contribution in [2.75, 3.05) is 11.0 Å². The lowest BCUT2D eigenvalue weighted by molar-refractivity contribution is 0.103. The number of hydrogen-bond donors (Lipinski definition) is 3. The van der Waals surface area contributed by atoms with Gasteiger partial charge in [0.1, 0.15) is 17.1 Å². The number of hydrogen-bond acceptors (Lipinski definition) is 6. The van der Waals surface area contributed by atoms with Crippen molar-refractivity contribution in [1.29, 1.82) is 0 Å². The number of H-pyrrole nitrogens is 2. The molecular weight excluding hydrogens is 558 g/mol. The molecule has 0 radical (unpaired) electrons. The molecule has 0 spiro atoms. The Hall–Kier alpha value is -4.13. The SMILES string of the molecule is CS(=O)(=O)Nc1cc2[nH]c(C(=O)c3c[nH]n4c3nc3cc(Oc5cc(Cl)ccc5Cl)ncc34)cc2cc1F. The summed E-state index contributed by atoms with van der Waals surface area (Å²) in [6.45, 7) is 0.